The predicted molar refractivity (Wildman–Crippen MR) is 101 cm³/mol. The summed E-state index contributed by atoms with van der Waals surface area (Å²) < 4.78 is 0. The lowest BCUT2D eigenvalue weighted by molar-refractivity contribution is -0.384. The van der Waals surface area contributed by atoms with E-state index in [4.69, 9.17) is 0 Å². The molecule has 25 heavy (non-hydrogen) atoms. The smallest absolute Gasteiger partial charge is 0.269 e. The van der Waals surface area contributed by atoms with Crippen molar-refractivity contribution < 1.29 is 4.92 Å². The third kappa shape index (κ3) is 4.92. The van der Waals surface area contributed by atoms with Gasteiger partial charge in [0, 0.05) is 57.1 Å². The van der Waals surface area contributed by atoms with Gasteiger partial charge in [0.25, 0.3) is 5.69 Å². The van der Waals surface area contributed by atoms with E-state index >= 15 is 0 Å². The molecular formula is C19H30N4O2. The van der Waals surface area contributed by atoms with E-state index in [0.717, 1.165) is 64.2 Å². The van der Waals surface area contributed by atoms with Crippen molar-refractivity contribution in [3.8, 4) is 0 Å². The summed E-state index contributed by atoms with van der Waals surface area (Å²) >= 11 is 0. The summed E-state index contributed by atoms with van der Waals surface area (Å²) in [5.41, 5.74) is 2.57. The fourth-order valence-corrected chi connectivity index (χ4v) is 3.89. The van der Waals surface area contributed by atoms with Gasteiger partial charge >= 0.3 is 0 Å². The summed E-state index contributed by atoms with van der Waals surface area (Å²) in [6, 6.07) is 5.43. The molecule has 0 aliphatic carbocycles. The molecule has 2 aliphatic rings. The molecule has 0 amide bonds. The Morgan fingerprint density at radius 2 is 1.76 bits per heavy atom. The van der Waals surface area contributed by atoms with Crippen molar-refractivity contribution >= 4 is 11.4 Å². The summed E-state index contributed by atoms with van der Waals surface area (Å²) in [7, 11) is 2.17. The average molecular weight is 346 g/mol. The van der Waals surface area contributed by atoms with Crippen molar-refractivity contribution in [2.45, 2.75) is 32.1 Å². The zero-order valence-electron chi connectivity index (χ0n) is 15.3. The molecule has 1 aromatic carbocycles. The molecule has 0 aromatic heterocycles. The Hall–Kier alpha value is -1.66. The van der Waals surface area contributed by atoms with Crippen LogP contribution in [0, 0.1) is 10.1 Å². The Morgan fingerprint density at radius 1 is 1.04 bits per heavy atom. The van der Waals surface area contributed by atoms with Crippen molar-refractivity contribution in [3.63, 3.8) is 0 Å². The van der Waals surface area contributed by atoms with Gasteiger partial charge in [-0.25, -0.2) is 0 Å². The van der Waals surface area contributed by atoms with E-state index in [0.29, 0.717) is 0 Å². The first kappa shape index (κ1) is 18.1. The number of aryl methyl sites for hydroxylation is 1. The van der Waals surface area contributed by atoms with Crippen molar-refractivity contribution in [1.82, 2.24) is 9.80 Å². The lowest BCUT2D eigenvalue weighted by Crippen LogP contribution is -2.44. The van der Waals surface area contributed by atoms with Crippen LogP contribution in [0.4, 0.5) is 11.4 Å². The molecule has 0 atom stereocenters. The largest absolute Gasteiger partial charge is 0.371 e. The van der Waals surface area contributed by atoms with Crippen LogP contribution in [-0.2, 0) is 6.42 Å². The van der Waals surface area contributed by atoms with Crippen molar-refractivity contribution in [3.05, 3.63) is 33.9 Å². The third-order valence-electron chi connectivity index (χ3n) is 5.49. The molecule has 2 fully saturated rings. The second-order valence-corrected chi connectivity index (χ2v) is 7.37. The van der Waals surface area contributed by atoms with Crippen LogP contribution >= 0.6 is 0 Å². The zero-order chi connectivity index (χ0) is 17.6. The Bertz CT molecular complexity index is 579. The molecule has 2 saturated heterocycles. The van der Waals surface area contributed by atoms with Gasteiger partial charge in [0.05, 0.1) is 4.92 Å². The number of anilines is 1. The molecular weight excluding hydrogens is 316 g/mol. The number of nitrogens with zero attached hydrogens (tertiary/aromatic N) is 4. The zero-order valence-corrected chi connectivity index (χ0v) is 15.3. The maximum absolute atomic E-state index is 11.2. The minimum absolute atomic E-state index is 0.218. The summed E-state index contributed by atoms with van der Waals surface area (Å²) in [6.45, 7) is 7.75. The topological polar surface area (TPSA) is 52.9 Å². The van der Waals surface area contributed by atoms with E-state index < -0.39 is 0 Å². The van der Waals surface area contributed by atoms with Gasteiger partial charge in [-0.15, -0.1) is 0 Å². The second kappa shape index (κ2) is 8.63. The van der Waals surface area contributed by atoms with Gasteiger partial charge in [-0.3, -0.25) is 10.1 Å². The number of hydrogen-bond donors (Lipinski definition) is 0. The van der Waals surface area contributed by atoms with E-state index in [1.807, 2.05) is 6.07 Å². The normalized spacial score (nSPS) is 20.0. The summed E-state index contributed by atoms with van der Waals surface area (Å²) in [4.78, 5) is 18.2. The fourth-order valence-electron chi connectivity index (χ4n) is 3.89. The number of nitro benzene ring substituents is 1. The minimum atomic E-state index is -0.274. The molecule has 0 spiro atoms. The lowest BCUT2D eigenvalue weighted by Gasteiger charge is -2.33. The maximum Gasteiger partial charge on any atom is 0.269 e. The Labute approximate surface area is 150 Å². The highest BCUT2D eigenvalue weighted by Gasteiger charge is 2.18. The standard InChI is InChI=1S/C19H30N4O2/c1-20-12-14-21(15-13-20)9-5-6-17-16-18(23(24)25)7-8-19(17)22-10-3-2-4-11-22/h7-8,16H,2-6,9-15H2,1H3. The number of rotatable bonds is 6. The molecule has 0 bridgehead atoms. The van der Waals surface area contributed by atoms with Crippen LogP contribution < -0.4 is 4.90 Å². The van der Waals surface area contributed by atoms with E-state index in [1.54, 1.807) is 12.1 Å². The molecule has 2 heterocycles. The molecule has 1 aromatic rings. The summed E-state index contributed by atoms with van der Waals surface area (Å²) in [5.74, 6) is 0. The molecule has 3 rings (SSSR count). The predicted octanol–water partition coefficient (Wildman–Crippen LogP) is 2.77. The first-order chi connectivity index (χ1) is 12.1. The molecule has 138 valence electrons. The Balaban J connectivity index is 1.64. The molecule has 0 N–H and O–H groups in total. The number of benzene rings is 1. The van der Waals surface area contributed by atoms with E-state index in [-0.39, 0.29) is 10.6 Å². The van der Waals surface area contributed by atoms with Crippen LogP contribution in [0.3, 0.4) is 0 Å². The van der Waals surface area contributed by atoms with Crippen LogP contribution in [0.15, 0.2) is 18.2 Å². The minimum Gasteiger partial charge on any atom is -0.371 e. The number of non-ortho nitro benzene ring substituents is 1. The van der Waals surface area contributed by atoms with Gasteiger partial charge in [0.2, 0.25) is 0 Å². The average Bonchev–Trinajstić information content (AvgIpc) is 2.64. The van der Waals surface area contributed by atoms with Crippen LogP contribution in [0.2, 0.25) is 0 Å². The Kier molecular flexibility index (Phi) is 6.26. The number of piperidine rings is 1. The molecule has 2 aliphatic heterocycles. The highest BCUT2D eigenvalue weighted by molar-refractivity contribution is 5.58. The lowest BCUT2D eigenvalue weighted by atomic mass is 10.0. The van der Waals surface area contributed by atoms with Gasteiger partial charge in [-0.2, -0.15) is 0 Å². The molecule has 0 radical (unpaired) electrons. The monoisotopic (exact) mass is 346 g/mol. The second-order valence-electron chi connectivity index (χ2n) is 7.37. The number of hydrogen-bond acceptors (Lipinski definition) is 5. The number of piperazine rings is 1. The molecule has 0 saturated carbocycles. The number of likely N-dealkylation sites (N-methyl/N-ethyl adjacent to an activating group) is 1. The van der Waals surface area contributed by atoms with Gasteiger partial charge in [0.15, 0.2) is 0 Å². The highest BCUT2D eigenvalue weighted by atomic mass is 16.6. The van der Waals surface area contributed by atoms with Crippen LogP contribution in [0.1, 0.15) is 31.2 Å². The summed E-state index contributed by atoms with van der Waals surface area (Å²) in [5, 5.41) is 11.2. The summed E-state index contributed by atoms with van der Waals surface area (Å²) in [6.07, 6.45) is 5.71. The molecule has 0 unspecified atom stereocenters. The molecule has 6 nitrogen and oxygen atoms in total. The van der Waals surface area contributed by atoms with Gasteiger partial charge in [-0.1, -0.05) is 0 Å². The van der Waals surface area contributed by atoms with Crippen LogP contribution in [0.5, 0.6) is 0 Å². The van der Waals surface area contributed by atoms with Crippen molar-refractivity contribution in [1.29, 1.82) is 0 Å². The maximum atomic E-state index is 11.2. The van der Waals surface area contributed by atoms with Crippen LogP contribution in [-0.4, -0.2) is 67.6 Å². The third-order valence-corrected chi connectivity index (χ3v) is 5.49. The van der Waals surface area contributed by atoms with Crippen molar-refractivity contribution in [2.24, 2.45) is 0 Å². The number of nitro groups is 1. The van der Waals surface area contributed by atoms with Gasteiger partial charge in [-0.05, 0) is 57.3 Å². The van der Waals surface area contributed by atoms with E-state index in [9.17, 15) is 10.1 Å². The quantitative estimate of drug-likeness (QED) is 0.586. The first-order valence-corrected chi connectivity index (χ1v) is 9.56. The molecule has 6 heteroatoms. The van der Waals surface area contributed by atoms with Gasteiger partial charge < -0.3 is 14.7 Å². The fraction of sp³-hybridized carbons (Fsp3) is 0.684. The Morgan fingerprint density at radius 3 is 2.44 bits per heavy atom. The SMILES string of the molecule is CN1CCN(CCCc2cc([N+](=O)[O-])ccc2N2CCCCC2)CC1. The first-order valence-electron chi connectivity index (χ1n) is 9.56. The van der Waals surface area contributed by atoms with Crippen molar-refractivity contribution in [2.75, 3.05) is 57.8 Å². The highest BCUT2D eigenvalue weighted by Crippen LogP contribution is 2.29. The van der Waals surface area contributed by atoms with Crippen LogP contribution in [0.25, 0.3) is 0 Å². The van der Waals surface area contributed by atoms with E-state index in [1.165, 1.54) is 24.9 Å². The van der Waals surface area contributed by atoms with E-state index in [2.05, 4.69) is 21.7 Å². The van der Waals surface area contributed by atoms with Gasteiger partial charge in [0.1, 0.15) is 0 Å².